The zero-order valence-electron chi connectivity index (χ0n) is 10.3. The summed E-state index contributed by atoms with van der Waals surface area (Å²) >= 11 is 0. The molecule has 0 atom stereocenters. The molecule has 2 heterocycles. The van der Waals surface area contributed by atoms with E-state index < -0.39 is 0 Å². The Bertz CT molecular complexity index is 621. The predicted molar refractivity (Wildman–Crippen MR) is 66.1 cm³/mol. The van der Waals surface area contributed by atoms with Crippen molar-refractivity contribution in [3.05, 3.63) is 35.7 Å². The van der Waals surface area contributed by atoms with Gasteiger partial charge in [0.2, 0.25) is 12.7 Å². The fourth-order valence-electron chi connectivity index (χ4n) is 1.85. The number of ether oxygens (including phenoxy) is 2. The number of aromatic nitrogens is 1. The summed E-state index contributed by atoms with van der Waals surface area (Å²) in [4.78, 5) is 11.8. The Balaban J connectivity index is 1.66. The summed E-state index contributed by atoms with van der Waals surface area (Å²) in [7, 11) is 0. The summed E-state index contributed by atoms with van der Waals surface area (Å²) in [5.41, 5.74) is 1.27. The molecule has 6 heteroatoms. The maximum atomic E-state index is 11.8. The van der Waals surface area contributed by atoms with Gasteiger partial charge in [0.1, 0.15) is 5.76 Å². The van der Waals surface area contributed by atoms with Crippen molar-refractivity contribution in [2.75, 3.05) is 12.1 Å². The van der Waals surface area contributed by atoms with E-state index in [-0.39, 0.29) is 19.1 Å². The minimum absolute atomic E-state index is 0.160. The number of hydrogen-bond acceptors (Lipinski definition) is 5. The minimum atomic E-state index is -0.160. The second kappa shape index (κ2) is 4.64. The number of carbonyl (C=O) groups excluding carboxylic acids is 1. The van der Waals surface area contributed by atoms with Crippen molar-refractivity contribution in [2.45, 2.75) is 13.3 Å². The molecule has 0 aliphatic carbocycles. The van der Waals surface area contributed by atoms with Gasteiger partial charge < -0.3 is 19.3 Å². The van der Waals surface area contributed by atoms with E-state index in [1.165, 1.54) is 0 Å². The van der Waals surface area contributed by atoms with Gasteiger partial charge in [0, 0.05) is 17.8 Å². The van der Waals surface area contributed by atoms with Crippen molar-refractivity contribution in [3.8, 4) is 11.5 Å². The monoisotopic (exact) mass is 260 g/mol. The lowest BCUT2D eigenvalue weighted by Crippen LogP contribution is -2.14. The summed E-state index contributed by atoms with van der Waals surface area (Å²) in [6.07, 6.45) is 0.172. The number of nitrogens with one attached hydrogen (secondary N) is 1. The van der Waals surface area contributed by atoms with E-state index in [1.807, 2.05) is 0 Å². The summed E-state index contributed by atoms with van der Waals surface area (Å²) in [6.45, 7) is 2.00. The first-order valence-electron chi connectivity index (χ1n) is 5.82. The van der Waals surface area contributed by atoms with Crippen LogP contribution in [0.3, 0.4) is 0 Å². The van der Waals surface area contributed by atoms with Crippen LogP contribution in [0, 0.1) is 6.92 Å². The van der Waals surface area contributed by atoms with Gasteiger partial charge in [-0.25, -0.2) is 0 Å². The highest BCUT2D eigenvalue weighted by atomic mass is 16.7. The van der Waals surface area contributed by atoms with E-state index in [0.717, 1.165) is 0 Å². The standard InChI is InChI=1S/C13H12N2O4/c1-8-4-10(15-19-8)6-13(16)14-9-2-3-11-12(5-9)18-7-17-11/h2-5H,6-7H2,1H3,(H,14,16). The molecule has 2 aromatic rings. The van der Waals surface area contributed by atoms with Gasteiger partial charge in [0.15, 0.2) is 11.5 Å². The molecule has 0 radical (unpaired) electrons. The lowest BCUT2D eigenvalue weighted by Gasteiger charge is -2.04. The number of amides is 1. The quantitative estimate of drug-likeness (QED) is 0.912. The SMILES string of the molecule is Cc1cc(CC(=O)Nc2ccc3c(c2)OCO3)no1. The highest BCUT2D eigenvalue weighted by Crippen LogP contribution is 2.34. The van der Waals surface area contributed by atoms with Crippen LogP contribution in [0.25, 0.3) is 0 Å². The van der Waals surface area contributed by atoms with Crippen molar-refractivity contribution in [1.82, 2.24) is 5.16 Å². The average Bonchev–Trinajstić information content (AvgIpc) is 2.97. The maximum absolute atomic E-state index is 11.8. The molecule has 0 spiro atoms. The number of fused-ring (bicyclic) bond motifs is 1. The number of carbonyl (C=O) groups is 1. The zero-order chi connectivity index (χ0) is 13.2. The first-order chi connectivity index (χ1) is 9.20. The predicted octanol–water partition coefficient (Wildman–Crippen LogP) is 1.89. The van der Waals surface area contributed by atoms with Gasteiger partial charge in [-0.3, -0.25) is 4.79 Å². The smallest absolute Gasteiger partial charge is 0.231 e. The van der Waals surface area contributed by atoms with Crippen molar-refractivity contribution >= 4 is 11.6 Å². The molecule has 1 aliphatic heterocycles. The van der Waals surface area contributed by atoms with Gasteiger partial charge >= 0.3 is 0 Å². The van der Waals surface area contributed by atoms with Crippen molar-refractivity contribution in [1.29, 1.82) is 0 Å². The Hall–Kier alpha value is -2.50. The Kier molecular flexibility index (Phi) is 2.83. The topological polar surface area (TPSA) is 73.6 Å². The van der Waals surface area contributed by atoms with E-state index in [4.69, 9.17) is 14.0 Å². The van der Waals surface area contributed by atoms with Crippen LogP contribution >= 0.6 is 0 Å². The summed E-state index contributed by atoms with van der Waals surface area (Å²) < 4.78 is 15.4. The second-order valence-electron chi connectivity index (χ2n) is 4.22. The molecular weight excluding hydrogens is 248 g/mol. The molecule has 98 valence electrons. The maximum Gasteiger partial charge on any atom is 0.231 e. The van der Waals surface area contributed by atoms with E-state index in [2.05, 4.69) is 10.5 Å². The third-order valence-corrected chi connectivity index (χ3v) is 2.67. The first kappa shape index (κ1) is 11.6. The highest BCUT2D eigenvalue weighted by molar-refractivity contribution is 5.92. The third kappa shape index (κ3) is 2.52. The largest absolute Gasteiger partial charge is 0.454 e. The van der Waals surface area contributed by atoms with Crippen LogP contribution in [-0.4, -0.2) is 17.9 Å². The van der Waals surface area contributed by atoms with Gasteiger partial charge in [0.05, 0.1) is 12.1 Å². The summed E-state index contributed by atoms with van der Waals surface area (Å²) in [5, 5.41) is 6.55. The van der Waals surface area contributed by atoms with E-state index >= 15 is 0 Å². The van der Waals surface area contributed by atoms with Crippen molar-refractivity contribution in [2.24, 2.45) is 0 Å². The number of anilines is 1. The lowest BCUT2D eigenvalue weighted by molar-refractivity contribution is -0.115. The Morgan fingerprint density at radius 2 is 2.16 bits per heavy atom. The molecule has 0 bridgehead atoms. The Morgan fingerprint density at radius 1 is 1.32 bits per heavy atom. The molecule has 3 rings (SSSR count). The normalized spacial score (nSPS) is 12.5. The van der Waals surface area contributed by atoms with Crippen LogP contribution in [0.4, 0.5) is 5.69 Å². The van der Waals surface area contributed by atoms with Crippen LogP contribution in [0.2, 0.25) is 0 Å². The first-order valence-corrected chi connectivity index (χ1v) is 5.82. The average molecular weight is 260 g/mol. The minimum Gasteiger partial charge on any atom is -0.454 e. The van der Waals surface area contributed by atoms with Gasteiger partial charge in [-0.15, -0.1) is 0 Å². The zero-order valence-corrected chi connectivity index (χ0v) is 10.3. The number of nitrogens with zero attached hydrogens (tertiary/aromatic N) is 1. The van der Waals surface area contributed by atoms with Gasteiger partial charge in [-0.05, 0) is 19.1 Å². The molecule has 0 saturated carbocycles. The Morgan fingerprint density at radius 3 is 2.95 bits per heavy atom. The molecule has 0 unspecified atom stereocenters. The van der Waals surface area contributed by atoms with Gasteiger partial charge in [0.25, 0.3) is 0 Å². The fourth-order valence-corrected chi connectivity index (χ4v) is 1.85. The summed E-state index contributed by atoms with van der Waals surface area (Å²) in [6, 6.07) is 6.99. The van der Waals surface area contributed by atoms with E-state index in [9.17, 15) is 4.79 Å². The molecule has 1 aromatic carbocycles. The molecule has 0 saturated heterocycles. The molecule has 1 amide bonds. The van der Waals surface area contributed by atoms with Crippen LogP contribution < -0.4 is 14.8 Å². The molecule has 1 aliphatic rings. The van der Waals surface area contributed by atoms with Crippen LogP contribution in [-0.2, 0) is 11.2 Å². The number of hydrogen-bond donors (Lipinski definition) is 1. The van der Waals surface area contributed by atoms with E-state index in [0.29, 0.717) is 28.6 Å². The van der Waals surface area contributed by atoms with Gasteiger partial charge in [-0.1, -0.05) is 5.16 Å². The van der Waals surface area contributed by atoms with Crippen molar-refractivity contribution < 1.29 is 18.8 Å². The fraction of sp³-hybridized carbons (Fsp3) is 0.231. The van der Waals surface area contributed by atoms with Crippen LogP contribution in [0.15, 0.2) is 28.8 Å². The number of benzene rings is 1. The number of rotatable bonds is 3. The highest BCUT2D eigenvalue weighted by Gasteiger charge is 2.14. The van der Waals surface area contributed by atoms with Gasteiger partial charge in [-0.2, -0.15) is 0 Å². The lowest BCUT2D eigenvalue weighted by atomic mass is 10.2. The van der Waals surface area contributed by atoms with E-state index in [1.54, 1.807) is 31.2 Å². The molecule has 1 N–H and O–H groups in total. The third-order valence-electron chi connectivity index (χ3n) is 2.67. The molecule has 0 fully saturated rings. The molecule has 19 heavy (non-hydrogen) atoms. The molecule has 1 aromatic heterocycles. The van der Waals surface area contributed by atoms with Crippen molar-refractivity contribution in [3.63, 3.8) is 0 Å². The molecular formula is C13H12N2O4. The second-order valence-corrected chi connectivity index (χ2v) is 4.22. The van der Waals surface area contributed by atoms with Crippen LogP contribution in [0.1, 0.15) is 11.5 Å². The van der Waals surface area contributed by atoms with Crippen LogP contribution in [0.5, 0.6) is 11.5 Å². The molecule has 6 nitrogen and oxygen atoms in total. The number of aryl methyl sites for hydroxylation is 1. The Labute approximate surface area is 109 Å². The summed E-state index contributed by atoms with van der Waals surface area (Å²) in [5.74, 6) is 1.85.